The third-order valence-electron chi connectivity index (χ3n) is 4.66. The average Bonchev–Trinajstić information content (AvgIpc) is 3.10. The summed E-state index contributed by atoms with van der Waals surface area (Å²) >= 11 is 1.44. The fourth-order valence-corrected chi connectivity index (χ4v) is 4.32. The summed E-state index contributed by atoms with van der Waals surface area (Å²) in [5.41, 5.74) is 1.93. The Kier molecular flexibility index (Phi) is 7.41. The van der Waals surface area contributed by atoms with E-state index >= 15 is 0 Å². The van der Waals surface area contributed by atoms with E-state index in [0.717, 1.165) is 27.0 Å². The number of ether oxygens (including phenoxy) is 1. The number of esters is 1. The van der Waals surface area contributed by atoms with Gasteiger partial charge in [0.1, 0.15) is 10.9 Å². The third-order valence-corrected chi connectivity index (χ3v) is 5.77. The summed E-state index contributed by atoms with van der Waals surface area (Å²) in [5, 5.41) is 12.1. The second kappa shape index (κ2) is 10.2. The van der Waals surface area contributed by atoms with Crippen LogP contribution < -0.4 is 0 Å². The van der Waals surface area contributed by atoms with E-state index in [-0.39, 0.29) is 24.0 Å². The zero-order chi connectivity index (χ0) is 22.4. The Bertz CT molecular complexity index is 1070. The maximum Gasteiger partial charge on any atom is 0.305 e. The smallest absolute Gasteiger partial charge is 0.305 e. The van der Waals surface area contributed by atoms with Gasteiger partial charge in [0.05, 0.1) is 30.7 Å². The van der Waals surface area contributed by atoms with Crippen LogP contribution in [0.4, 0.5) is 5.69 Å². The molecule has 0 aliphatic rings. The van der Waals surface area contributed by atoms with Gasteiger partial charge in [-0.1, -0.05) is 37.7 Å². The van der Waals surface area contributed by atoms with Crippen molar-refractivity contribution in [3.05, 3.63) is 76.0 Å². The minimum atomic E-state index is -0.401. The molecule has 0 bridgehead atoms. The maximum absolute atomic E-state index is 11.7. The number of rotatable bonds is 9. The largest absolute Gasteiger partial charge is 0.469 e. The van der Waals surface area contributed by atoms with E-state index < -0.39 is 4.92 Å². The predicted molar refractivity (Wildman–Crippen MR) is 117 cm³/mol. The lowest BCUT2D eigenvalue weighted by Crippen LogP contribution is -2.10. The van der Waals surface area contributed by atoms with Gasteiger partial charge in [-0.05, 0) is 23.6 Å². The van der Waals surface area contributed by atoms with Gasteiger partial charge in [0.2, 0.25) is 0 Å². The molecule has 0 saturated carbocycles. The molecule has 0 radical (unpaired) electrons. The zero-order valence-corrected chi connectivity index (χ0v) is 18.5. The molecule has 0 aliphatic carbocycles. The number of aryl methyl sites for hydroxylation is 1. The van der Waals surface area contributed by atoms with Crippen molar-refractivity contribution >= 4 is 23.4 Å². The minimum absolute atomic E-state index is 0.0420. The van der Waals surface area contributed by atoms with Crippen molar-refractivity contribution in [3.63, 3.8) is 0 Å². The van der Waals surface area contributed by atoms with Gasteiger partial charge >= 0.3 is 5.97 Å². The summed E-state index contributed by atoms with van der Waals surface area (Å²) in [6.45, 7) is 4.64. The minimum Gasteiger partial charge on any atom is -0.469 e. The van der Waals surface area contributed by atoms with Crippen LogP contribution in [0.3, 0.4) is 0 Å². The van der Waals surface area contributed by atoms with Gasteiger partial charge in [0.15, 0.2) is 0 Å². The van der Waals surface area contributed by atoms with E-state index in [0.29, 0.717) is 13.0 Å². The predicted octanol–water partition coefficient (Wildman–Crippen LogP) is 4.61. The monoisotopic (exact) mass is 440 g/mol. The first-order valence-corrected chi connectivity index (χ1v) is 10.7. The molecule has 2 aromatic heterocycles. The molecular weight excluding hydrogens is 416 g/mol. The topological polar surface area (TPSA) is 100 Å². The molecule has 0 atom stereocenters. The fraction of sp³-hybridized carbons (Fsp3) is 0.318. The highest BCUT2D eigenvalue weighted by atomic mass is 32.2. The number of pyridine rings is 1. The molecule has 3 rings (SSSR count). The quantitative estimate of drug-likeness (QED) is 0.272. The van der Waals surface area contributed by atoms with Crippen molar-refractivity contribution in [3.8, 4) is 0 Å². The Morgan fingerprint density at radius 3 is 2.74 bits per heavy atom. The first-order chi connectivity index (χ1) is 14.9. The number of aromatic nitrogens is 3. The first kappa shape index (κ1) is 22.5. The van der Waals surface area contributed by atoms with E-state index in [1.54, 1.807) is 24.5 Å². The van der Waals surface area contributed by atoms with Gasteiger partial charge < -0.3 is 9.30 Å². The number of methoxy groups -OCH3 is 1. The molecule has 0 unspecified atom stereocenters. The van der Waals surface area contributed by atoms with E-state index in [4.69, 9.17) is 9.72 Å². The Hall–Kier alpha value is -3.20. The Morgan fingerprint density at radius 2 is 2.10 bits per heavy atom. The molecule has 0 spiro atoms. The molecule has 0 aliphatic heterocycles. The number of non-ortho nitro benzene ring substituents is 1. The van der Waals surface area contributed by atoms with Crippen LogP contribution in [0.25, 0.3) is 0 Å². The first-order valence-electron chi connectivity index (χ1n) is 9.86. The number of nitrogens with zero attached hydrogens (tertiary/aromatic N) is 4. The summed E-state index contributed by atoms with van der Waals surface area (Å²) in [4.78, 5) is 32.3. The van der Waals surface area contributed by atoms with E-state index in [1.807, 2.05) is 18.2 Å². The van der Waals surface area contributed by atoms with Crippen LogP contribution >= 0.6 is 11.8 Å². The van der Waals surface area contributed by atoms with Crippen molar-refractivity contribution in [2.45, 2.75) is 49.1 Å². The summed E-state index contributed by atoms with van der Waals surface area (Å²) < 4.78 is 6.86. The number of imidazole rings is 1. The number of carbonyl (C=O) groups excluding carboxylic acids is 1. The highest BCUT2D eigenvalue weighted by Crippen LogP contribution is 2.36. The molecule has 0 saturated heterocycles. The summed E-state index contributed by atoms with van der Waals surface area (Å²) in [6.07, 6.45) is 4.16. The van der Waals surface area contributed by atoms with Crippen LogP contribution in [0.2, 0.25) is 0 Å². The van der Waals surface area contributed by atoms with Gasteiger partial charge in [-0.3, -0.25) is 19.9 Å². The third kappa shape index (κ3) is 5.69. The summed E-state index contributed by atoms with van der Waals surface area (Å²) in [6, 6.07) is 10.4. The van der Waals surface area contributed by atoms with Crippen LogP contribution in [-0.2, 0) is 22.5 Å². The molecular formula is C22H24N4O4S. The van der Waals surface area contributed by atoms with Crippen molar-refractivity contribution in [1.29, 1.82) is 0 Å². The van der Waals surface area contributed by atoms with Crippen LogP contribution in [0, 0.1) is 10.1 Å². The molecule has 2 heterocycles. The van der Waals surface area contributed by atoms with Crippen molar-refractivity contribution in [2.24, 2.45) is 0 Å². The van der Waals surface area contributed by atoms with E-state index in [9.17, 15) is 14.9 Å². The zero-order valence-electron chi connectivity index (χ0n) is 17.6. The van der Waals surface area contributed by atoms with Gasteiger partial charge in [0, 0.05) is 35.8 Å². The van der Waals surface area contributed by atoms with Gasteiger partial charge in [-0.25, -0.2) is 4.98 Å². The number of nitro groups is 1. The number of hydrogen-bond acceptors (Lipinski definition) is 7. The van der Waals surface area contributed by atoms with Gasteiger partial charge in [-0.2, -0.15) is 0 Å². The van der Waals surface area contributed by atoms with Crippen molar-refractivity contribution in [2.75, 3.05) is 7.11 Å². The Labute approximate surface area is 184 Å². The highest BCUT2D eigenvalue weighted by molar-refractivity contribution is 7.99. The molecule has 1 aromatic carbocycles. The lowest BCUT2D eigenvalue weighted by atomic mass is 10.1. The summed E-state index contributed by atoms with van der Waals surface area (Å²) in [7, 11) is 1.37. The summed E-state index contributed by atoms with van der Waals surface area (Å²) in [5.74, 6) is 0.606. The van der Waals surface area contributed by atoms with Crippen LogP contribution in [0.5, 0.6) is 0 Å². The second-order valence-electron chi connectivity index (χ2n) is 7.25. The van der Waals surface area contributed by atoms with Gasteiger partial charge in [-0.15, -0.1) is 0 Å². The van der Waals surface area contributed by atoms with Crippen molar-refractivity contribution < 1.29 is 14.5 Å². The molecule has 162 valence electrons. The number of nitro benzene ring substituents is 1. The standard InChI is InChI=1S/C22H24N4O4S/c1-15(2)21-22(31-18-8-4-7-17(12-18)26(28)29)25(14-16-6-5-11-23-13-16)19(24-21)9-10-20(27)30-3/h4-8,11-13,15H,9-10,14H2,1-3H3. The SMILES string of the molecule is COC(=O)CCc1nc(C(C)C)c(Sc2cccc([N+](=O)[O-])c2)n1Cc1cccnc1. The van der Waals surface area contributed by atoms with E-state index in [1.165, 1.54) is 24.9 Å². The number of benzene rings is 1. The number of carbonyl (C=O) groups is 1. The molecule has 0 fully saturated rings. The fourth-order valence-electron chi connectivity index (χ4n) is 3.10. The number of hydrogen-bond donors (Lipinski definition) is 0. The molecule has 3 aromatic rings. The maximum atomic E-state index is 11.7. The molecule has 31 heavy (non-hydrogen) atoms. The van der Waals surface area contributed by atoms with E-state index in [2.05, 4.69) is 23.4 Å². The highest BCUT2D eigenvalue weighted by Gasteiger charge is 2.22. The average molecular weight is 441 g/mol. The molecule has 0 N–H and O–H groups in total. The van der Waals surface area contributed by atoms with Crippen molar-refractivity contribution in [1.82, 2.24) is 14.5 Å². The Morgan fingerprint density at radius 1 is 1.29 bits per heavy atom. The lowest BCUT2D eigenvalue weighted by Gasteiger charge is -2.13. The van der Waals surface area contributed by atoms with Crippen LogP contribution in [-0.4, -0.2) is 32.5 Å². The molecule has 0 amide bonds. The van der Waals surface area contributed by atoms with Crippen LogP contribution in [0.15, 0.2) is 58.7 Å². The Balaban J connectivity index is 2.05. The lowest BCUT2D eigenvalue weighted by molar-refractivity contribution is -0.385. The van der Waals surface area contributed by atoms with Gasteiger partial charge in [0.25, 0.3) is 5.69 Å². The molecule has 9 heteroatoms. The molecule has 8 nitrogen and oxygen atoms in total. The second-order valence-corrected chi connectivity index (χ2v) is 8.32. The van der Waals surface area contributed by atoms with Crippen LogP contribution in [0.1, 0.15) is 43.3 Å². The normalized spacial score (nSPS) is 11.0.